The van der Waals surface area contributed by atoms with Crippen LogP contribution in [0.5, 0.6) is 0 Å². The number of morpholine rings is 1. The molecule has 1 fully saturated rings. The highest BCUT2D eigenvalue weighted by molar-refractivity contribution is 7.94. The molecule has 9 nitrogen and oxygen atoms in total. The van der Waals surface area contributed by atoms with Crippen LogP contribution in [0.25, 0.3) is 0 Å². The number of ether oxygens (including phenoxy) is 2. The molecule has 190 valence electrons. The Hall–Kier alpha value is -3.12. The number of para-hydroxylation sites is 1. The number of benzene rings is 2. The number of thiophene rings is 1. The Bertz CT molecular complexity index is 1340. The molecule has 1 atom stereocenters. The van der Waals surface area contributed by atoms with E-state index in [1.54, 1.807) is 24.3 Å². The lowest BCUT2D eigenvalue weighted by atomic mass is 10.2. The SMILES string of the molecule is CC(OC(=O)c1ccccc1NS(=O)(=O)c1ccc(Cl)s1)C(=O)Nc1ccc(N2CCOCC2)cc1. The van der Waals surface area contributed by atoms with Gasteiger partial charge in [-0.3, -0.25) is 9.52 Å². The predicted octanol–water partition coefficient (Wildman–Crippen LogP) is 4.22. The molecule has 3 aromatic rings. The molecule has 2 aromatic carbocycles. The smallest absolute Gasteiger partial charge is 0.341 e. The first-order valence-electron chi connectivity index (χ1n) is 11.0. The molecule has 0 saturated carbocycles. The van der Waals surface area contributed by atoms with Crippen LogP contribution in [-0.2, 0) is 24.3 Å². The zero-order valence-electron chi connectivity index (χ0n) is 19.3. The number of anilines is 3. The highest BCUT2D eigenvalue weighted by atomic mass is 35.5. The third-order valence-electron chi connectivity index (χ3n) is 5.37. The summed E-state index contributed by atoms with van der Waals surface area (Å²) in [5.41, 5.74) is 1.58. The Morgan fingerprint density at radius 3 is 2.42 bits per heavy atom. The summed E-state index contributed by atoms with van der Waals surface area (Å²) in [6.45, 7) is 4.40. The van der Waals surface area contributed by atoms with Crippen molar-refractivity contribution in [3.63, 3.8) is 0 Å². The monoisotopic (exact) mass is 549 g/mol. The van der Waals surface area contributed by atoms with Crippen molar-refractivity contribution in [1.29, 1.82) is 0 Å². The van der Waals surface area contributed by atoms with Crippen LogP contribution in [0.1, 0.15) is 17.3 Å². The van der Waals surface area contributed by atoms with Crippen LogP contribution in [0.15, 0.2) is 64.9 Å². The number of amides is 1. The molecule has 0 aliphatic carbocycles. The normalized spacial score (nSPS) is 14.7. The van der Waals surface area contributed by atoms with Gasteiger partial charge in [0.15, 0.2) is 6.10 Å². The third kappa shape index (κ3) is 6.35. The molecule has 2 heterocycles. The zero-order chi connectivity index (χ0) is 25.7. The number of nitrogens with one attached hydrogen (secondary N) is 2. The summed E-state index contributed by atoms with van der Waals surface area (Å²) in [4.78, 5) is 27.6. The quantitative estimate of drug-likeness (QED) is 0.404. The van der Waals surface area contributed by atoms with Crippen molar-refractivity contribution < 1.29 is 27.5 Å². The summed E-state index contributed by atoms with van der Waals surface area (Å²) in [6.07, 6.45) is -1.13. The van der Waals surface area contributed by atoms with Crippen LogP contribution in [0, 0.1) is 0 Å². The molecule has 0 radical (unpaired) electrons. The maximum atomic E-state index is 12.8. The number of sulfonamides is 1. The summed E-state index contributed by atoms with van der Waals surface area (Å²) < 4.78 is 38.7. The van der Waals surface area contributed by atoms with E-state index < -0.39 is 28.0 Å². The minimum absolute atomic E-state index is 0.00283. The van der Waals surface area contributed by atoms with Crippen LogP contribution < -0.4 is 14.9 Å². The molecule has 1 amide bonds. The summed E-state index contributed by atoms with van der Waals surface area (Å²) in [5.74, 6) is -1.36. The largest absolute Gasteiger partial charge is 0.449 e. The first-order valence-corrected chi connectivity index (χ1v) is 13.7. The average Bonchev–Trinajstić information content (AvgIpc) is 3.32. The molecule has 1 aliphatic rings. The number of hydrogen-bond donors (Lipinski definition) is 2. The van der Waals surface area contributed by atoms with E-state index in [1.807, 2.05) is 12.1 Å². The minimum Gasteiger partial charge on any atom is -0.449 e. The van der Waals surface area contributed by atoms with E-state index in [9.17, 15) is 18.0 Å². The number of carbonyl (C=O) groups excluding carboxylic acids is 2. The molecule has 0 spiro atoms. The van der Waals surface area contributed by atoms with Crippen molar-refractivity contribution in [2.45, 2.75) is 17.2 Å². The van der Waals surface area contributed by atoms with Crippen molar-refractivity contribution in [3.05, 3.63) is 70.6 Å². The van der Waals surface area contributed by atoms with Crippen LogP contribution in [-0.4, -0.2) is 52.7 Å². The number of carbonyl (C=O) groups is 2. The van der Waals surface area contributed by atoms with E-state index >= 15 is 0 Å². The topological polar surface area (TPSA) is 114 Å². The lowest BCUT2D eigenvalue weighted by Gasteiger charge is -2.28. The molecule has 12 heteroatoms. The molecule has 1 aromatic heterocycles. The van der Waals surface area contributed by atoms with E-state index in [0.29, 0.717) is 23.2 Å². The highest BCUT2D eigenvalue weighted by Crippen LogP contribution is 2.28. The van der Waals surface area contributed by atoms with Gasteiger partial charge >= 0.3 is 5.97 Å². The summed E-state index contributed by atoms with van der Waals surface area (Å²) in [7, 11) is -3.96. The molecule has 1 saturated heterocycles. The van der Waals surface area contributed by atoms with Gasteiger partial charge in [0, 0.05) is 24.5 Å². The van der Waals surface area contributed by atoms with Gasteiger partial charge in [0.05, 0.1) is 28.8 Å². The van der Waals surface area contributed by atoms with Crippen molar-refractivity contribution in [2.75, 3.05) is 41.2 Å². The van der Waals surface area contributed by atoms with Crippen LogP contribution in [0.3, 0.4) is 0 Å². The van der Waals surface area contributed by atoms with E-state index in [4.69, 9.17) is 21.1 Å². The lowest BCUT2D eigenvalue weighted by molar-refractivity contribution is -0.123. The van der Waals surface area contributed by atoms with Crippen molar-refractivity contribution in [3.8, 4) is 0 Å². The van der Waals surface area contributed by atoms with Gasteiger partial charge in [-0.05, 0) is 55.5 Å². The Balaban J connectivity index is 1.38. The van der Waals surface area contributed by atoms with Crippen molar-refractivity contribution >= 4 is 61.9 Å². The van der Waals surface area contributed by atoms with Crippen LogP contribution in [0.4, 0.5) is 17.1 Å². The third-order valence-corrected chi connectivity index (χ3v) is 8.46. The fourth-order valence-corrected chi connectivity index (χ4v) is 6.05. The number of halogens is 1. The lowest BCUT2D eigenvalue weighted by Crippen LogP contribution is -2.36. The zero-order valence-corrected chi connectivity index (χ0v) is 21.7. The minimum atomic E-state index is -3.96. The summed E-state index contributed by atoms with van der Waals surface area (Å²) in [6, 6.07) is 16.2. The average molecular weight is 550 g/mol. The first-order chi connectivity index (χ1) is 17.2. The second-order valence-corrected chi connectivity index (χ2v) is 11.5. The number of nitrogens with zero attached hydrogens (tertiary/aromatic N) is 1. The van der Waals surface area contributed by atoms with Crippen LogP contribution in [0.2, 0.25) is 4.34 Å². The van der Waals surface area contributed by atoms with Gasteiger partial charge in [-0.15, -0.1) is 11.3 Å². The summed E-state index contributed by atoms with van der Waals surface area (Å²) in [5, 5.41) is 2.72. The number of rotatable bonds is 8. The summed E-state index contributed by atoms with van der Waals surface area (Å²) >= 11 is 6.74. The Kier molecular flexibility index (Phi) is 8.14. The first kappa shape index (κ1) is 26.0. The second-order valence-electron chi connectivity index (χ2n) is 7.89. The second kappa shape index (κ2) is 11.3. The fraction of sp³-hybridized carbons (Fsp3) is 0.250. The predicted molar refractivity (Wildman–Crippen MR) is 140 cm³/mol. The van der Waals surface area contributed by atoms with Crippen molar-refractivity contribution in [1.82, 2.24) is 0 Å². The molecule has 4 rings (SSSR count). The van der Waals surface area contributed by atoms with Gasteiger partial charge in [0.1, 0.15) is 4.21 Å². The van der Waals surface area contributed by atoms with Gasteiger partial charge in [-0.1, -0.05) is 23.7 Å². The van der Waals surface area contributed by atoms with E-state index in [0.717, 1.165) is 30.1 Å². The van der Waals surface area contributed by atoms with E-state index in [2.05, 4.69) is 14.9 Å². The highest BCUT2D eigenvalue weighted by Gasteiger charge is 2.24. The van der Waals surface area contributed by atoms with Gasteiger partial charge in [0.2, 0.25) is 0 Å². The molecule has 1 aliphatic heterocycles. The molecule has 2 N–H and O–H groups in total. The standard InChI is InChI=1S/C24H24ClN3O6S2/c1-16(23(29)26-17-6-8-18(9-7-17)28-12-14-33-15-13-28)34-24(30)19-4-2-3-5-20(19)27-36(31,32)22-11-10-21(25)35-22/h2-11,16,27H,12-15H2,1H3,(H,26,29). The van der Waals surface area contributed by atoms with Gasteiger partial charge in [0.25, 0.3) is 15.9 Å². The Labute approximate surface area is 218 Å². The fourth-order valence-electron chi connectivity index (χ4n) is 3.49. The maximum absolute atomic E-state index is 12.8. The molecule has 36 heavy (non-hydrogen) atoms. The van der Waals surface area contributed by atoms with Crippen molar-refractivity contribution in [2.24, 2.45) is 0 Å². The van der Waals surface area contributed by atoms with Gasteiger partial charge in [-0.25, -0.2) is 13.2 Å². The Morgan fingerprint density at radius 1 is 1.06 bits per heavy atom. The number of hydrogen-bond acceptors (Lipinski definition) is 8. The maximum Gasteiger partial charge on any atom is 0.341 e. The molecular formula is C24H24ClN3O6S2. The molecule has 1 unspecified atom stereocenters. The van der Waals surface area contributed by atoms with Gasteiger partial charge in [-0.2, -0.15) is 0 Å². The Morgan fingerprint density at radius 2 is 1.75 bits per heavy atom. The van der Waals surface area contributed by atoms with E-state index in [-0.39, 0.29) is 15.5 Å². The molecule has 0 bridgehead atoms. The molecular weight excluding hydrogens is 526 g/mol. The van der Waals surface area contributed by atoms with Gasteiger partial charge < -0.3 is 19.7 Å². The van der Waals surface area contributed by atoms with E-state index in [1.165, 1.54) is 31.2 Å². The number of esters is 1. The van der Waals surface area contributed by atoms with Crippen LogP contribution >= 0.6 is 22.9 Å².